The van der Waals surface area contributed by atoms with Gasteiger partial charge in [0.05, 0.1) is 12.2 Å². The molecule has 0 aliphatic heterocycles. The van der Waals surface area contributed by atoms with Crippen molar-refractivity contribution in [3.63, 3.8) is 0 Å². The monoisotopic (exact) mass is 409 g/mol. The van der Waals surface area contributed by atoms with E-state index in [1.807, 2.05) is 58.9 Å². The van der Waals surface area contributed by atoms with Gasteiger partial charge in [-0.25, -0.2) is 4.98 Å². The summed E-state index contributed by atoms with van der Waals surface area (Å²) in [4.78, 5) is 4.01. The zero-order valence-electron chi connectivity index (χ0n) is 18.5. The molecule has 0 amide bonds. The summed E-state index contributed by atoms with van der Waals surface area (Å²) in [5.41, 5.74) is 4.31. The molecule has 3 nitrogen and oxygen atoms in total. The first-order valence-corrected chi connectivity index (χ1v) is 9.95. The van der Waals surface area contributed by atoms with Crippen LogP contribution in [0.15, 0.2) is 52.2 Å². The second kappa shape index (κ2) is 11.8. The Bertz CT molecular complexity index is 975. The number of allylic oxidation sites excluding steroid dienone is 1. The fraction of sp³-hybridized carbons (Fsp3) is 0.320. The van der Waals surface area contributed by atoms with E-state index in [1.54, 1.807) is 18.2 Å². The SMILES string of the molecule is C#C/C(C)=C(/N=NCC)c1cc(C)cc(/C=C/c2cccc(C(C)(F)F)n2)c1.CC. The van der Waals surface area contributed by atoms with Gasteiger partial charge in [0.1, 0.15) is 11.4 Å². The van der Waals surface area contributed by atoms with Gasteiger partial charge in [0.25, 0.3) is 5.92 Å². The Kier molecular flexibility index (Phi) is 9.77. The molecule has 0 spiro atoms. The summed E-state index contributed by atoms with van der Waals surface area (Å²) >= 11 is 0. The Morgan fingerprint density at radius 2 is 1.90 bits per heavy atom. The number of hydrogen-bond donors (Lipinski definition) is 0. The van der Waals surface area contributed by atoms with E-state index in [0.717, 1.165) is 23.6 Å². The maximum Gasteiger partial charge on any atom is 0.286 e. The van der Waals surface area contributed by atoms with Crippen molar-refractivity contribution in [2.45, 2.75) is 47.5 Å². The average Bonchev–Trinajstić information content (AvgIpc) is 2.73. The number of benzene rings is 1. The maximum absolute atomic E-state index is 13.5. The first-order valence-electron chi connectivity index (χ1n) is 9.95. The minimum Gasteiger partial charge on any atom is -0.247 e. The molecule has 5 heteroatoms. The summed E-state index contributed by atoms with van der Waals surface area (Å²) in [6, 6.07) is 10.5. The molecule has 0 radical (unpaired) electrons. The minimum atomic E-state index is -2.98. The summed E-state index contributed by atoms with van der Waals surface area (Å²) < 4.78 is 27.0. The van der Waals surface area contributed by atoms with E-state index in [9.17, 15) is 8.78 Å². The third kappa shape index (κ3) is 7.36. The van der Waals surface area contributed by atoms with Crippen LogP contribution in [-0.2, 0) is 5.92 Å². The van der Waals surface area contributed by atoms with Crippen LogP contribution >= 0.6 is 0 Å². The van der Waals surface area contributed by atoms with Crippen molar-refractivity contribution in [2.24, 2.45) is 10.2 Å². The molecule has 0 fully saturated rings. The van der Waals surface area contributed by atoms with Gasteiger partial charge in [0, 0.05) is 18.1 Å². The van der Waals surface area contributed by atoms with Crippen molar-refractivity contribution < 1.29 is 8.78 Å². The Morgan fingerprint density at radius 3 is 2.50 bits per heavy atom. The quantitative estimate of drug-likeness (QED) is 0.359. The Balaban J connectivity index is 0.00000218. The largest absolute Gasteiger partial charge is 0.286 e. The molecule has 0 unspecified atom stereocenters. The number of rotatable bonds is 6. The molecular weight excluding hydrogens is 380 g/mol. The third-order valence-electron chi connectivity index (χ3n) is 3.92. The molecule has 1 aromatic carbocycles. The summed E-state index contributed by atoms with van der Waals surface area (Å²) in [5, 5.41) is 8.34. The topological polar surface area (TPSA) is 37.6 Å². The van der Waals surface area contributed by atoms with Gasteiger partial charge in [-0.2, -0.15) is 19.0 Å². The van der Waals surface area contributed by atoms with Crippen molar-refractivity contribution in [1.29, 1.82) is 0 Å². The highest BCUT2D eigenvalue weighted by molar-refractivity contribution is 5.75. The van der Waals surface area contributed by atoms with Crippen LogP contribution in [0.25, 0.3) is 17.8 Å². The fourth-order valence-corrected chi connectivity index (χ4v) is 2.58. The summed E-state index contributed by atoms with van der Waals surface area (Å²) in [5.74, 6) is -0.359. The predicted octanol–water partition coefficient (Wildman–Crippen LogP) is 7.53. The number of pyridine rings is 1. The lowest BCUT2D eigenvalue weighted by atomic mass is 10.0. The molecule has 2 rings (SSSR count). The van der Waals surface area contributed by atoms with Crippen LogP contribution in [0.3, 0.4) is 0 Å². The molecule has 0 N–H and O–H groups in total. The number of hydrogen-bond acceptors (Lipinski definition) is 3. The summed E-state index contributed by atoms with van der Waals surface area (Å²) in [6.45, 7) is 11.1. The van der Waals surface area contributed by atoms with Gasteiger partial charge in [-0.3, -0.25) is 0 Å². The molecule has 2 aromatic rings. The van der Waals surface area contributed by atoms with Gasteiger partial charge < -0.3 is 0 Å². The molecule has 0 bridgehead atoms. The highest BCUT2D eigenvalue weighted by Gasteiger charge is 2.25. The fourth-order valence-electron chi connectivity index (χ4n) is 2.58. The first-order chi connectivity index (χ1) is 14.2. The molecular formula is C25H29F2N3. The molecule has 0 saturated heterocycles. The van der Waals surface area contributed by atoms with E-state index in [2.05, 4.69) is 21.1 Å². The zero-order chi connectivity index (χ0) is 22.7. The molecule has 0 aliphatic carbocycles. The van der Waals surface area contributed by atoms with Crippen LogP contribution in [0.5, 0.6) is 0 Å². The number of alkyl halides is 2. The molecule has 0 aliphatic rings. The number of azo groups is 1. The van der Waals surface area contributed by atoms with Crippen LogP contribution in [0.2, 0.25) is 0 Å². The predicted molar refractivity (Wildman–Crippen MR) is 122 cm³/mol. The van der Waals surface area contributed by atoms with Crippen molar-refractivity contribution in [1.82, 2.24) is 4.98 Å². The van der Waals surface area contributed by atoms with E-state index in [4.69, 9.17) is 6.42 Å². The van der Waals surface area contributed by atoms with Crippen molar-refractivity contribution >= 4 is 17.8 Å². The van der Waals surface area contributed by atoms with Crippen molar-refractivity contribution in [3.8, 4) is 12.3 Å². The Hall–Kier alpha value is -3.13. The standard InChI is InChI=1S/C23H23F2N3.C2H6/c1-6-17(4)22(28-26-7-2)19-14-16(3)13-18(15-19)11-12-20-9-8-10-21(27-20)23(5,24)25;1-2/h1,8-15H,7H2,2-5H3;1-2H3/b12-11+,22-17+,28-26?;. The van der Waals surface area contributed by atoms with Crippen LogP contribution in [0.4, 0.5) is 8.78 Å². The van der Waals surface area contributed by atoms with Crippen LogP contribution in [-0.4, -0.2) is 11.5 Å². The Labute approximate surface area is 178 Å². The van der Waals surface area contributed by atoms with Crippen molar-refractivity contribution in [3.05, 3.63) is 70.0 Å². The molecule has 0 saturated carbocycles. The van der Waals surface area contributed by atoms with Gasteiger partial charge in [-0.05, 0) is 62.2 Å². The smallest absolute Gasteiger partial charge is 0.247 e. The van der Waals surface area contributed by atoms with Gasteiger partial charge in [0.15, 0.2) is 0 Å². The van der Waals surface area contributed by atoms with Crippen molar-refractivity contribution in [2.75, 3.05) is 6.54 Å². The van der Waals surface area contributed by atoms with Gasteiger partial charge in [0.2, 0.25) is 0 Å². The van der Waals surface area contributed by atoms with Gasteiger partial charge >= 0.3 is 0 Å². The number of aryl methyl sites for hydroxylation is 1. The van der Waals surface area contributed by atoms with Gasteiger partial charge in [-0.1, -0.05) is 38.0 Å². The second-order valence-electron chi connectivity index (χ2n) is 6.48. The van der Waals surface area contributed by atoms with Crippen LogP contribution in [0.1, 0.15) is 62.7 Å². The highest BCUT2D eigenvalue weighted by atomic mass is 19.3. The lowest BCUT2D eigenvalue weighted by Crippen LogP contribution is -2.09. The van der Waals surface area contributed by atoms with E-state index in [1.165, 1.54) is 6.07 Å². The molecule has 1 heterocycles. The number of halogens is 2. The lowest BCUT2D eigenvalue weighted by Gasteiger charge is -2.09. The number of terminal acetylenes is 1. The summed E-state index contributed by atoms with van der Waals surface area (Å²) in [7, 11) is 0. The lowest BCUT2D eigenvalue weighted by molar-refractivity contribution is 0.0127. The second-order valence-corrected chi connectivity index (χ2v) is 6.48. The average molecular weight is 410 g/mol. The minimum absolute atomic E-state index is 0.255. The normalized spacial score (nSPS) is 12.4. The molecule has 158 valence electrons. The van der Waals surface area contributed by atoms with Crippen LogP contribution < -0.4 is 0 Å². The van der Waals surface area contributed by atoms with E-state index >= 15 is 0 Å². The maximum atomic E-state index is 13.5. The molecule has 1 aromatic heterocycles. The van der Waals surface area contributed by atoms with E-state index in [-0.39, 0.29) is 5.69 Å². The third-order valence-corrected chi connectivity index (χ3v) is 3.92. The van der Waals surface area contributed by atoms with E-state index in [0.29, 0.717) is 23.5 Å². The first kappa shape index (κ1) is 24.9. The zero-order valence-corrected chi connectivity index (χ0v) is 18.5. The molecule has 30 heavy (non-hydrogen) atoms. The van der Waals surface area contributed by atoms with Gasteiger partial charge in [-0.15, -0.1) is 6.42 Å². The van der Waals surface area contributed by atoms with Crippen LogP contribution in [0, 0.1) is 19.3 Å². The highest BCUT2D eigenvalue weighted by Crippen LogP contribution is 2.26. The summed E-state index contributed by atoms with van der Waals surface area (Å²) in [6.07, 6.45) is 9.09. The Morgan fingerprint density at radius 1 is 1.20 bits per heavy atom. The van der Waals surface area contributed by atoms with E-state index < -0.39 is 5.92 Å². The molecule has 0 atom stereocenters. The number of nitrogens with zero attached hydrogens (tertiary/aromatic N) is 3. The number of aromatic nitrogens is 1.